The van der Waals surface area contributed by atoms with Gasteiger partial charge in [-0.25, -0.2) is 0 Å². The van der Waals surface area contributed by atoms with Crippen LogP contribution in [0.15, 0.2) is 24.3 Å². The number of nitrogens with one attached hydrogen (secondary N) is 4. The molecule has 0 fully saturated rings. The molecule has 0 heterocycles. The number of ether oxygens (including phenoxy) is 1. The molecule has 11 nitrogen and oxygen atoms in total. The molecule has 0 radical (unpaired) electrons. The molecule has 0 aliphatic carbocycles. The molecule has 3 unspecified atom stereocenters. The fraction of sp³-hybridized carbons (Fsp3) is 0.389. The van der Waals surface area contributed by atoms with Gasteiger partial charge in [0, 0.05) is 5.69 Å². The zero-order chi connectivity index (χ0) is 22.0. The van der Waals surface area contributed by atoms with E-state index in [0.29, 0.717) is 12.2 Å². The van der Waals surface area contributed by atoms with E-state index in [0.717, 1.165) is 5.56 Å². The van der Waals surface area contributed by atoms with Crippen molar-refractivity contribution in [3.05, 3.63) is 29.8 Å². The topological polar surface area (TPSA) is 189 Å². The van der Waals surface area contributed by atoms with E-state index in [9.17, 15) is 19.2 Å². The molecule has 0 saturated carbocycles. The molecule has 1 rings (SSSR count). The highest BCUT2D eigenvalue weighted by molar-refractivity contribution is 6.01. The summed E-state index contributed by atoms with van der Waals surface area (Å²) in [6.45, 7) is 3.47. The van der Waals surface area contributed by atoms with Gasteiger partial charge in [-0.05, 0) is 31.5 Å². The summed E-state index contributed by atoms with van der Waals surface area (Å²) in [5, 5.41) is 15.8. The zero-order valence-electron chi connectivity index (χ0n) is 16.2. The molecule has 158 valence electrons. The number of rotatable bonds is 11. The molecule has 0 bridgehead atoms. The van der Waals surface area contributed by atoms with Crippen molar-refractivity contribution in [3.63, 3.8) is 0 Å². The first kappa shape index (κ1) is 23.6. The molecule has 0 spiro atoms. The van der Waals surface area contributed by atoms with Gasteiger partial charge in [0.25, 0.3) is 6.47 Å². The molecule has 3 atom stereocenters. The minimum atomic E-state index is -1.12. The van der Waals surface area contributed by atoms with Crippen molar-refractivity contribution < 1.29 is 23.9 Å². The Hall–Kier alpha value is -3.47. The molecule has 1 aromatic rings. The average Bonchev–Trinajstić information content (AvgIpc) is 2.66. The van der Waals surface area contributed by atoms with Gasteiger partial charge >= 0.3 is 0 Å². The first-order chi connectivity index (χ1) is 13.6. The van der Waals surface area contributed by atoms with Crippen LogP contribution in [0.4, 0.5) is 5.69 Å². The van der Waals surface area contributed by atoms with E-state index < -0.39 is 35.8 Å². The standard InChI is InChI=1S/C18H26N6O5/c1-10(19)17(27)22-11(2)16(21)24-14(7-15(20)26)18(28)23-13-5-3-12(4-6-13)8-29-9-25/h3-6,9-11,14H,7-8,19H2,1-2H3,(H2,20,26)(H2,21,24)(H,22,27)(H,23,28). The van der Waals surface area contributed by atoms with Crippen molar-refractivity contribution in [3.8, 4) is 0 Å². The predicted octanol–water partition coefficient (Wildman–Crippen LogP) is -1.04. The lowest BCUT2D eigenvalue weighted by molar-refractivity contribution is -0.129. The molecular weight excluding hydrogens is 380 g/mol. The Labute approximate surface area is 168 Å². The number of carbonyl (C=O) groups excluding carboxylic acids is 4. The van der Waals surface area contributed by atoms with Crippen LogP contribution in [0.3, 0.4) is 0 Å². The van der Waals surface area contributed by atoms with Crippen molar-refractivity contribution in [2.75, 3.05) is 5.32 Å². The third-order valence-electron chi connectivity index (χ3n) is 3.80. The molecule has 0 aromatic heterocycles. The average molecular weight is 406 g/mol. The van der Waals surface area contributed by atoms with Gasteiger partial charge in [0.2, 0.25) is 17.7 Å². The van der Waals surface area contributed by atoms with Gasteiger partial charge in [0.15, 0.2) is 0 Å². The Bertz CT molecular complexity index is 750. The quantitative estimate of drug-likeness (QED) is 0.154. The van der Waals surface area contributed by atoms with E-state index in [4.69, 9.17) is 16.9 Å². The summed E-state index contributed by atoms with van der Waals surface area (Å²) in [6, 6.07) is 3.88. The zero-order valence-corrected chi connectivity index (χ0v) is 16.2. The number of nitrogens with two attached hydrogens (primary N) is 2. The van der Waals surface area contributed by atoms with Crippen molar-refractivity contribution in [1.29, 1.82) is 5.41 Å². The summed E-state index contributed by atoms with van der Waals surface area (Å²) in [5.74, 6) is -1.96. The van der Waals surface area contributed by atoms with E-state index in [1.54, 1.807) is 24.3 Å². The van der Waals surface area contributed by atoms with Crippen LogP contribution in [0, 0.1) is 5.41 Å². The van der Waals surface area contributed by atoms with Crippen LogP contribution >= 0.6 is 0 Å². The van der Waals surface area contributed by atoms with Crippen molar-refractivity contribution in [1.82, 2.24) is 10.6 Å². The first-order valence-electron chi connectivity index (χ1n) is 8.78. The van der Waals surface area contributed by atoms with Crippen molar-refractivity contribution >= 4 is 35.7 Å². The minimum Gasteiger partial charge on any atom is -0.463 e. The SMILES string of the molecule is CC(N)C(=O)NC(C)C(=N)NC(CC(N)=O)C(=O)Nc1ccc(COC=O)cc1. The number of amides is 3. The molecule has 29 heavy (non-hydrogen) atoms. The maximum atomic E-state index is 12.5. The van der Waals surface area contributed by atoms with Crippen LogP contribution in [-0.4, -0.2) is 48.2 Å². The Morgan fingerprint density at radius 2 is 1.76 bits per heavy atom. The summed E-state index contributed by atoms with van der Waals surface area (Å²) >= 11 is 0. The summed E-state index contributed by atoms with van der Waals surface area (Å²) < 4.78 is 4.64. The molecule has 0 aliphatic rings. The van der Waals surface area contributed by atoms with Crippen molar-refractivity contribution in [2.24, 2.45) is 11.5 Å². The lowest BCUT2D eigenvalue weighted by Crippen LogP contribution is -2.54. The maximum absolute atomic E-state index is 12.5. The fourth-order valence-corrected chi connectivity index (χ4v) is 2.18. The van der Waals surface area contributed by atoms with Crippen LogP contribution in [0.1, 0.15) is 25.8 Å². The number of hydrogen-bond acceptors (Lipinski definition) is 7. The molecular formula is C18H26N6O5. The largest absolute Gasteiger partial charge is 0.463 e. The summed E-state index contributed by atoms with van der Waals surface area (Å²) in [7, 11) is 0. The van der Waals surface area contributed by atoms with Crippen molar-refractivity contribution in [2.45, 2.75) is 45.0 Å². The number of anilines is 1. The monoisotopic (exact) mass is 406 g/mol. The molecule has 1 aromatic carbocycles. The highest BCUT2D eigenvalue weighted by atomic mass is 16.5. The second kappa shape index (κ2) is 11.4. The number of benzene rings is 1. The molecule has 0 saturated heterocycles. The molecule has 3 amide bonds. The van der Waals surface area contributed by atoms with Crippen LogP contribution in [0.2, 0.25) is 0 Å². The van der Waals surface area contributed by atoms with Crippen LogP contribution in [0.25, 0.3) is 0 Å². The molecule has 0 aliphatic heterocycles. The number of amidine groups is 1. The Kier molecular flexibility index (Phi) is 9.26. The lowest BCUT2D eigenvalue weighted by atomic mass is 10.1. The Morgan fingerprint density at radius 1 is 1.14 bits per heavy atom. The van der Waals surface area contributed by atoms with E-state index in [-0.39, 0.29) is 18.9 Å². The van der Waals surface area contributed by atoms with E-state index >= 15 is 0 Å². The Balaban J connectivity index is 2.76. The van der Waals surface area contributed by atoms with Crippen LogP contribution < -0.4 is 27.4 Å². The fourth-order valence-electron chi connectivity index (χ4n) is 2.18. The second-order valence-electron chi connectivity index (χ2n) is 6.39. The third-order valence-corrected chi connectivity index (χ3v) is 3.80. The van der Waals surface area contributed by atoms with Gasteiger partial charge in [0.05, 0.1) is 18.5 Å². The predicted molar refractivity (Wildman–Crippen MR) is 106 cm³/mol. The first-order valence-corrected chi connectivity index (χ1v) is 8.78. The highest BCUT2D eigenvalue weighted by Gasteiger charge is 2.24. The van der Waals surface area contributed by atoms with E-state index in [1.165, 1.54) is 13.8 Å². The van der Waals surface area contributed by atoms with Gasteiger partial charge in [-0.15, -0.1) is 0 Å². The summed E-state index contributed by atoms with van der Waals surface area (Å²) in [4.78, 5) is 45.7. The number of hydrogen-bond donors (Lipinski definition) is 6. The molecule has 8 N–H and O–H groups in total. The van der Waals surface area contributed by atoms with Crippen LogP contribution in [0.5, 0.6) is 0 Å². The van der Waals surface area contributed by atoms with E-state index in [1.807, 2.05) is 0 Å². The van der Waals surface area contributed by atoms with Gasteiger partial charge in [0.1, 0.15) is 18.5 Å². The van der Waals surface area contributed by atoms with E-state index in [2.05, 4.69) is 20.7 Å². The highest BCUT2D eigenvalue weighted by Crippen LogP contribution is 2.11. The number of primary amides is 1. The Morgan fingerprint density at radius 3 is 2.28 bits per heavy atom. The molecule has 11 heteroatoms. The smallest absolute Gasteiger partial charge is 0.293 e. The van der Waals surface area contributed by atoms with Gasteiger partial charge in [-0.3, -0.25) is 24.6 Å². The van der Waals surface area contributed by atoms with Gasteiger partial charge in [-0.1, -0.05) is 12.1 Å². The normalized spacial score (nSPS) is 13.3. The van der Waals surface area contributed by atoms with Crippen LogP contribution in [-0.2, 0) is 30.5 Å². The minimum absolute atomic E-state index is 0.103. The lowest BCUT2D eigenvalue weighted by Gasteiger charge is -2.23. The maximum Gasteiger partial charge on any atom is 0.293 e. The second-order valence-corrected chi connectivity index (χ2v) is 6.39. The summed E-state index contributed by atoms with van der Waals surface area (Å²) in [6.07, 6.45) is -0.354. The van der Waals surface area contributed by atoms with Gasteiger partial charge in [-0.2, -0.15) is 0 Å². The summed E-state index contributed by atoms with van der Waals surface area (Å²) in [5.41, 5.74) is 11.8. The third kappa shape index (κ3) is 8.39. The number of carbonyl (C=O) groups is 4. The van der Waals surface area contributed by atoms with Gasteiger partial charge < -0.3 is 32.2 Å².